The van der Waals surface area contributed by atoms with Crippen LogP contribution in [0.4, 0.5) is 11.4 Å². The van der Waals surface area contributed by atoms with Gasteiger partial charge < -0.3 is 9.94 Å². The number of aliphatic carboxylic acids is 1. The Balaban J connectivity index is 1.66. The van der Waals surface area contributed by atoms with Gasteiger partial charge in [0.15, 0.2) is 0 Å². The SMILES string of the molecule is CC(C)C(CC(=O)ONc1c2ccc(S(=O)(=O)N3C[C@H](C)C[C@H](C)C3)cc2c(N=O)c2cc(S(=O)(=O)N3C[C@H](C)C[C@H](C)C3)ccc12)C(=O)O. The fourth-order valence-electron chi connectivity index (χ4n) is 7.53. The maximum atomic E-state index is 13.9. The maximum absolute atomic E-state index is 13.9. The molecule has 3 aromatic carbocycles. The number of hydrogen-bond acceptors (Lipinski definition) is 10. The summed E-state index contributed by atoms with van der Waals surface area (Å²) in [5.74, 6) is -2.75. The van der Waals surface area contributed by atoms with Crippen molar-refractivity contribution in [3.05, 3.63) is 41.3 Å². The Labute approximate surface area is 293 Å². The molecule has 0 bridgehead atoms. The molecule has 1 unspecified atom stereocenters. The van der Waals surface area contributed by atoms with Crippen LogP contribution in [0, 0.1) is 40.4 Å². The van der Waals surface area contributed by atoms with Crippen LogP contribution in [0.5, 0.6) is 0 Å². The molecule has 0 aromatic heterocycles. The highest BCUT2D eigenvalue weighted by Gasteiger charge is 2.34. The first-order valence-electron chi connectivity index (χ1n) is 17.0. The van der Waals surface area contributed by atoms with Gasteiger partial charge in [-0.25, -0.2) is 27.1 Å². The zero-order valence-electron chi connectivity index (χ0n) is 29.2. The number of carbonyl (C=O) groups excluding carboxylic acids is 1. The normalized spacial score (nSPS) is 23.2. The van der Waals surface area contributed by atoms with Crippen LogP contribution in [0.2, 0.25) is 0 Å². The van der Waals surface area contributed by atoms with Gasteiger partial charge in [-0.1, -0.05) is 53.7 Å². The van der Waals surface area contributed by atoms with Crippen molar-refractivity contribution in [2.24, 2.45) is 40.7 Å². The van der Waals surface area contributed by atoms with E-state index in [2.05, 4.69) is 10.7 Å². The number of nitrogens with zero attached hydrogens (tertiary/aromatic N) is 3. The Morgan fingerprint density at radius 1 is 0.800 bits per heavy atom. The van der Waals surface area contributed by atoms with Crippen LogP contribution >= 0.6 is 0 Å². The van der Waals surface area contributed by atoms with E-state index in [9.17, 15) is 36.4 Å². The van der Waals surface area contributed by atoms with Crippen LogP contribution in [0.15, 0.2) is 51.4 Å². The molecular weight excluding hydrogens is 685 g/mol. The van der Waals surface area contributed by atoms with E-state index in [0.29, 0.717) is 26.2 Å². The van der Waals surface area contributed by atoms with E-state index in [1.165, 1.54) is 45.0 Å². The first kappa shape index (κ1) is 37.6. The Morgan fingerprint density at radius 2 is 1.22 bits per heavy atom. The van der Waals surface area contributed by atoms with Crippen molar-refractivity contribution >= 4 is 64.9 Å². The minimum absolute atomic E-state index is 0.0696. The third-order valence-corrected chi connectivity index (χ3v) is 13.5. The molecule has 0 saturated carbocycles. The van der Waals surface area contributed by atoms with Crippen LogP contribution in [-0.2, 0) is 34.5 Å². The third-order valence-electron chi connectivity index (χ3n) is 9.84. The molecule has 15 heteroatoms. The van der Waals surface area contributed by atoms with Gasteiger partial charge in [0.1, 0.15) is 5.69 Å². The fraction of sp³-hybridized carbons (Fsp3) is 0.543. The zero-order chi connectivity index (χ0) is 36.7. The quantitative estimate of drug-likeness (QED) is 0.128. The van der Waals surface area contributed by atoms with Gasteiger partial charge in [0.2, 0.25) is 20.0 Å². The van der Waals surface area contributed by atoms with Crippen molar-refractivity contribution in [1.29, 1.82) is 0 Å². The first-order valence-corrected chi connectivity index (χ1v) is 19.9. The van der Waals surface area contributed by atoms with Gasteiger partial charge in [0.05, 0.1) is 27.8 Å². The van der Waals surface area contributed by atoms with Crippen LogP contribution < -0.4 is 5.48 Å². The van der Waals surface area contributed by atoms with Crippen molar-refractivity contribution < 1.29 is 36.4 Å². The van der Waals surface area contributed by atoms with Gasteiger partial charge in [-0.2, -0.15) is 8.61 Å². The number of carboxylic acids is 1. The molecule has 0 amide bonds. The first-order chi connectivity index (χ1) is 23.4. The number of carboxylic acid groups (broad SMARTS) is 1. The smallest absolute Gasteiger partial charge is 0.332 e. The lowest BCUT2D eigenvalue weighted by atomic mass is 9.93. The number of nitroso groups, excluding NO2 is 1. The summed E-state index contributed by atoms with van der Waals surface area (Å²) in [7, 11) is -7.99. The minimum Gasteiger partial charge on any atom is -0.481 e. The summed E-state index contributed by atoms with van der Waals surface area (Å²) in [6.07, 6.45) is 1.37. The van der Waals surface area contributed by atoms with Crippen molar-refractivity contribution in [3.63, 3.8) is 0 Å². The molecule has 2 saturated heterocycles. The number of hydrogen-bond donors (Lipinski definition) is 2. The molecule has 0 aliphatic carbocycles. The number of fused-ring (bicyclic) bond motifs is 2. The molecule has 0 radical (unpaired) electrons. The number of nitrogens with one attached hydrogen (secondary N) is 1. The topological polar surface area (TPSA) is 180 Å². The lowest BCUT2D eigenvalue weighted by Gasteiger charge is -2.34. The summed E-state index contributed by atoms with van der Waals surface area (Å²) >= 11 is 0. The Hall–Kier alpha value is -3.66. The van der Waals surface area contributed by atoms with Crippen LogP contribution in [0.1, 0.15) is 60.8 Å². The summed E-state index contributed by atoms with van der Waals surface area (Å²) in [5, 5.41) is 13.6. The number of carbonyl (C=O) groups is 2. The van der Waals surface area contributed by atoms with Crippen molar-refractivity contribution in [2.75, 3.05) is 31.7 Å². The van der Waals surface area contributed by atoms with Gasteiger partial charge in [0, 0.05) is 47.7 Å². The molecular formula is C35H46N4O9S2. The van der Waals surface area contributed by atoms with E-state index in [-0.39, 0.29) is 72.3 Å². The Kier molecular flexibility index (Phi) is 10.9. The molecule has 50 heavy (non-hydrogen) atoms. The molecule has 2 N–H and O–H groups in total. The number of benzene rings is 3. The largest absolute Gasteiger partial charge is 0.481 e. The number of piperidine rings is 2. The highest BCUT2D eigenvalue weighted by molar-refractivity contribution is 7.89. The van der Waals surface area contributed by atoms with Crippen molar-refractivity contribution in [2.45, 2.75) is 70.6 Å². The monoisotopic (exact) mass is 730 g/mol. The van der Waals surface area contributed by atoms with Crippen LogP contribution in [0.3, 0.4) is 0 Å². The Bertz CT molecular complexity index is 1900. The second-order valence-electron chi connectivity index (χ2n) is 14.7. The van der Waals surface area contributed by atoms with Gasteiger partial charge >= 0.3 is 11.9 Å². The number of rotatable bonds is 11. The van der Waals surface area contributed by atoms with E-state index in [1.54, 1.807) is 13.8 Å². The van der Waals surface area contributed by atoms with Gasteiger partial charge in [-0.05, 0) is 71.9 Å². The molecule has 3 aromatic rings. The molecule has 272 valence electrons. The molecule has 5 atom stereocenters. The zero-order valence-corrected chi connectivity index (χ0v) is 30.9. The molecule has 5 rings (SSSR count). The average Bonchev–Trinajstić information content (AvgIpc) is 3.03. The lowest BCUT2D eigenvalue weighted by Crippen LogP contribution is -2.42. The standard InChI is InChI=1S/C35H46N4O9S2/c1-20(2)29(35(41)42)15-32(40)48-37-34-27-9-7-25(49(44,45)38-16-21(3)11-22(4)17-38)13-30(27)33(36-43)31-14-26(8-10-28(31)34)50(46,47)39-18-23(5)12-24(6)19-39/h7-10,13-14,20-24,29,37H,11-12,15-19H2,1-6H3,(H,41,42)/t21-,22+,23-,24+,29?. The number of anilines is 1. The van der Waals surface area contributed by atoms with Crippen LogP contribution in [0.25, 0.3) is 21.5 Å². The number of sulfonamides is 2. The summed E-state index contributed by atoms with van der Waals surface area (Å²) in [5.41, 5.74) is 2.61. The molecule has 2 fully saturated rings. The molecule has 0 spiro atoms. The van der Waals surface area contributed by atoms with Gasteiger partial charge in [0.25, 0.3) is 0 Å². The maximum Gasteiger partial charge on any atom is 0.332 e. The van der Waals surface area contributed by atoms with E-state index >= 15 is 0 Å². The second-order valence-corrected chi connectivity index (χ2v) is 18.6. The van der Waals surface area contributed by atoms with E-state index < -0.39 is 44.3 Å². The van der Waals surface area contributed by atoms with E-state index in [4.69, 9.17) is 4.84 Å². The summed E-state index contributed by atoms with van der Waals surface area (Å²) < 4.78 is 58.5. The van der Waals surface area contributed by atoms with E-state index in [1.807, 2.05) is 27.7 Å². The molecule has 13 nitrogen and oxygen atoms in total. The fourth-order valence-corrected chi connectivity index (χ4v) is 10.9. The predicted molar refractivity (Wildman–Crippen MR) is 191 cm³/mol. The highest BCUT2D eigenvalue weighted by atomic mass is 32.2. The Morgan fingerprint density at radius 3 is 1.58 bits per heavy atom. The summed E-state index contributed by atoms with van der Waals surface area (Å²) in [6.45, 7) is 12.7. The van der Waals surface area contributed by atoms with Crippen molar-refractivity contribution in [1.82, 2.24) is 8.61 Å². The van der Waals surface area contributed by atoms with Crippen LogP contribution in [-0.4, -0.2) is 68.7 Å². The van der Waals surface area contributed by atoms with Gasteiger partial charge in [-0.3, -0.25) is 4.79 Å². The van der Waals surface area contributed by atoms with E-state index in [0.717, 1.165) is 12.8 Å². The second kappa shape index (κ2) is 14.5. The summed E-state index contributed by atoms with van der Waals surface area (Å²) in [4.78, 5) is 42.5. The predicted octanol–water partition coefficient (Wildman–Crippen LogP) is 6.34. The highest BCUT2D eigenvalue weighted by Crippen LogP contribution is 2.44. The minimum atomic E-state index is -4.00. The molecule has 2 aliphatic heterocycles. The molecule has 2 heterocycles. The third kappa shape index (κ3) is 7.51. The van der Waals surface area contributed by atoms with Crippen molar-refractivity contribution in [3.8, 4) is 0 Å². The molecule has 2 aliphatic rings. The average molecular weight is 731 g/mol. The van der Waals surface area contributed by atoms with Gasteiger partial charge in [-0.15, -0.1) is 4.91 Å². The lowest BCUT2D eigenvalue weighted by molar-refractivity contribution is -0.151. The summed E-state index contributed by atoms with van der Waals surface area (Å²) in [6, 6.07) is 8.47.